The first-order chi connectivity index (χ1) is 10.2. The fourth-order valence-corrected chi connectivity index (χ4v) is 2.00. The quantitative estimate of drug-likeness (QED) is 0.628. The Labute approximate surface area is 124 Å². The molecule has 0 saturated carbocycles. The van der Waals surface area contributed by atoms with Gasteiger partial charge in [0.15, 0.2) is 5.82 Å². The van der Waals surface area contributed by atoms with E-state index in [0.29, 0.717) is 24.1 Å². The summed E-state index contributed by atoms with van der Waals surface area (Å²) in [4.78, 5) is 8.33. The van der Waals surface area contributed by atoms with Crippen molar-refractivity contribution in [2.24, 2.45) is 5.84 Å². The van der Waals surface area contributed by atoms with E-state index in [-0.39, 0.29) is 5.92 Å². The average molecular weight is 288 g/mol. The molecule has 6 nitrogen and oxygen atoms in total. The summed E-state index contributed by atoms with van der Waals surface area (Å²) in [6.07, 6.45) is 1.42. The topological polar surface area (TPSA) is 82.3 Å². The monoisotopic (exact) mass is 288 g/mol. The van der Waals surface area contributed by atoms with E-state index in [1.807, 2.05) is 45.0 Å². The van der Waals surface area contributed by atoms with Crippen LogP contribution in [-0.4, -0.2) is 16.6 Å². The molecule has 0 saturated heterocycles. The summed E-state index contributed by atoms with van der Waals surface area (Å²) in [6, 6.07) is 7.43. The SMILES string of the molecule is CCOc1cccc(Oc2ncnc(NN)c2C(C)C)c1. The Kier molecular flexibility index (Phi) is 4.94. The number of nitrogens with two attached hydrogens (primary N) is 1. The van der Waals surface area contributed by atoms with Crippen LogP contribution in [0.5, 0.6) is 17.4 Å². The van der Waals surface area contributed by atoms with E-state index in [9.17, 15) is 0 Å². The molecular weight excluding hydrogens is 268 g/mol. The van der Waals surface area contributed by atoms with Crippen molar-refractivity contribution in [2.45, 2.75) is 26.7 Å². The second-order valence-corrected chi connectivity index (χ2v) is 4.75. The first kappa shape index (κ1) is 15.1. The molecule has 2 rings (SSSR count). The maximum Gasteiger partial charge on any atom is 0.227 e. The number of benzene rings is 1. The van der Waals surface area contributed by atoms with E-state index >= 15 is 0 Å². The number of rotatable bonds is 6. The number of hydrogen-bond acceptors (Lipinski definition) is 6. The Balaban J connectivity index is 2.33. The van der Waals surface area contributed by atoms with Crippen LogP contribution >= 0.6 is 0 Å². The van der Waals surface area contributed by atoms with Crippen LogP contribution in [0.25, 0.3) is 0 Å². The number of hydrogen-bond donors (Lipinski definition) is 2. The summed E-state index contributed by atoms with van der Waals surface area (Å²) in [5, 5.41) is 0. The van der Waals surface area contributed by atoms with Gasteiger partial charge in [0.2, 0.25) is 5.88 Å². The number of hydrazine groups is 1. The molecule has 1 heterocycles. The molecule has 112 valence electrons. The van der Waals surface area contributed by atoms with Gasteiger partial charge in [0.25, 0.3) is 0 Å². The predicted molar refractivity (Wildman–Crippen MR) is 81.6 cm³/mol. The van der Waals surface area contributed by atoms with Crippen molar-refractivity contribution in [1.82, 2.24) is 9.97 Å². The maximum atomic E-state index is 5.87. The normalized spacial score (nSPS) is 10.5. The minimum absolute atomic E-state index is 0.169. The van der Waals surface area contributed by atoms with Gasteiger partial charge in [-0.1, -0.05) is 19.9 Å². The Morgan fingerprint density at radius 3 is 2.67 bits per heavy atom. The summed E-state index contributed by atoms with van der Waals surface area (Å²) in [5.74, 6) is 8.13. The van der Waals surface area contributed by atoms with Crippen molar-refractivity contribution >= 4 is 5.82 Å². The smallest absolute Gasteiger partial charge is 0.227 e. The van der Waals surface area contributed by atoms with Gasteiger partial charge >= 0.3 is 0 Å². The number of aromatic nitrogens is 2. The highest BCUT2D eigenvalue weighted by Gasteiger charge is 2.16. The third-order valence-corrected chi connectivity index (χ3v) is 2.89. The predicted octanol–water partition coefficient (Wildman–Crippen LogP) is 3.08. The first-order valence-electron chi connectivity index (χ1n) is 6.88. The van der Waals surface area contributed by atoms with Crippen LogP contribution in [0.4, 0.5) is 5.82 Å². The van der Waals surface area contributed by atoms with Crippen molar-refractivity contribution in [3.05, 3.63) is 36.2 Å². The van der Waals surface area contributed by atoms with Crippen LogP contribution in [0.3, 0.4) is 0 Å². The lowest BCUT2D eigenvalue weighted by molar-refractivity contribution is 0.337. The summed E-state index contributed by atoms with van der Waals surface area (Å²) in [6.45, 7) is 6.61. The molecule has 2 aromatic rings. The molecule has 21 heavy (non-hydrogen) atoms. The molecule has 0 aliphatic heterocycles. The third-order valence-electron chi connectivity index (χ3n) is 2.89. The lowest BCUT2D eigenvalue weighted by Crippen LogP contribution is -2.13. The fraction of sp³-hybridized carbons (Fsp3) is 0.333. The van der Waals surface area contributed by atoms with Crippen LogP contribution in [0, 0.1) is 0 Å². The molecule has 6 heteroatoms. The van der Waals surface area contributed by atoms with Crippen molar-refractivity contribution < 1.29 is 9.47 Å². The van der Waals surface area contributed by atoms with Crippen LogP contribution in [0.2, 0.25) is 0 Å². The van der Waals surface area contributed by atoms with Gasteiger partial charge in [-0.15, -0.1) is 0 Å². The summed E-state index contributed by atoms with van der Waals surface area (Å²) < 4.78 is 11.3. The molecule has 0 aliphatic carbocycles. The Hall–Kier alpha value is -2.34. The third kappa shape index (κ3) is 3.61. The Morgan fingerprint density at radius 2 is 2.00 bits per heavy atom. The summed E-state index contributed by atoms with van der Waals surface area (Å²) in [7, 11) is 0. The maximum absolute atomic E-state index is 5.87. The lowest BCUT2D eigenvalue weighted by atomic mass is 10.1. The van der Waals surface area contributed by atoms with E-state index in [4.69, 9.17) is 15.3 Å². The largest absolute Gasteiger partial charge is 0.494 e. The molecule has 0 unspecified atom stereocenters. The number of nitrogens with one attached hydrogen (secondary N) is 1. The standard InChI is InChI=1S/C15H20N4O2/c1-4-20-11-6-5-7-12(8-11)21-15-13(10(2)3)14(19-16)17-9-18-15/h5-10H,4,16H2,1-3H3,(H,17,18,19). The summed E-state index contributed by atoms with van der Waals surface area (Å²) >= 11 is 0. The van der Waals surface area contributed by atoms with Gasteiger partial charge in [0, 0.05) is 6.07 Å². The molecule has 0 aliphatic rings. The number of nitrogens with zero attached hydrogens (tertiary/aromatic N) is 2. The van der Waals surface area contributed by atoms with Gasteiger partial charge in [-0.25, -0.2) is 15.8 Å². The Bertz CT molecular complexity index is 602. The lowest BCUT2D eigenvalue weighted by Gasteiger charge is -2.15. The zero-order valence-electron chi connectivity index (χ0n) is 12.5. The van der Waals surface area contributed by atoms with Gasteiger partial charge in [-0.2, -0.15) is 0 Å². The average Bonchev–Trinajstić information content (AvgIpc) is 2.47. The highest BCUT2D eigenvalue weighted by Crippen LogP contribution is 2.33. The van der Waals surface area contributed by atoms with Gasteiger partial charge in [-0.3, -0.25) is 0 Å². The minimum Gasteiger partial charge on any atom is -0.494 e. The van der Waals surface area contributed by atoms with Crippen LogP contribution in [-0.2, 0) is 0 Å². The highest BCUT2D eigenvalue weighted by atomic mass is 16.5. The molecule has 0 radical (unpaired) electrons. The van der Waals surface area contributed by atoms with Crippen molar-refractivity contribution in [2.75, 3.05) is 12.0 Å². The Morgan fingerprint density at radius 1 is 1.24 bits per heavy atom. The molecular formula is C15H20N4O2. The number of ether oxygens (including phenoxy) is 2. The van der Waals surface area contributed by atoms with Crippen molar-refractivity contribution in [1.29, 1.82) is 0 Å². The van der Waals surface area contributed by atoms with Crippen molar-refractivity contribution in [3.63, 3.8) is 0 Å². The van der Waals surface area contributed by atoms with Gasteiger partial charge in [0.05, 0.1) is 12.2 Å². The van der Waals surface area contributed by atoms with E-state index in [2.05, 4.69) is 15.4 Å². The first-order valence-corrected chi connectivity index (χ1v) is 6.88. The van der Waals surface area contributed by atoms with Crippen LogP contribution in [0.15, 0.2) is 30.6 Å². The molecule has 0 spiro atoms. The van der Waals surface area contributed by atoms with Gasteiger partial charge < -0.3 is 14.9 Å². The number of nitrogen functional groups attached to an aromatic ring is 1. The second kappa shape index (κ2) is 6.90. The minimum atomic E-state index is 0.169. The molecule has 0 fully saturated rings. The van der Waals surface area contributed by atoms with Gasteiger partial charge in [0.1, 0.15) is 17.8 Å². The molecule has 0 atom stereocenters. The fourth-order valence-electron chi connectivity index (χ4n) is 2.00. The van der Waals surface area contributed by atoms with Crippen LogP contribution in [0.1, 0.15) is 32.3 Å². The molecule has 1 aromatic carbocycles. The zero-order chi connectivity index (χ0) is 15.2. The van der Waals surface area contributed by atoms with E-state index in [1.165, 1.54) is 6.33 Å². The highest BCUT2D eigenvalue weighted by molar-refractivity contribution is 5.51. The number of anilines is 1. The molecule has 3 N–H and O–H groups in total. The zero-order valence-corrected chi connectivity index (χ0v) is 12.5. The van der Waals surface area contributed by atoms with Gasteiger partial charge in [-0.05, 0) is 25.0 Å². The van der Waals surface area contributed by atoms with Crippen LogP contribution < -0.4 is 20.7 Å². The molecule has 0 bridgehead atoms. The summed E-state index contributed by atoms with van der Waals surface area (Å²) in [5.41, 5.74) is 3.41. The molecule has 0 amide bonds. The second-order valence-electron chi connectivity index (χ2n) is 4.75. The molecule has 1 aromatic heterocycles. The van der Waals surface area contributed by atoms with E-state index in [0.717, 1.165) is 11.3 Å². The van der Waals surface area contributed by atoms with E-state index in [1.54, 1.807) is 0 Å². The van der Waals surface area contributed by atoms with Crippen molar-refractivity contribution in [3.8, 4) is 17.4 Å². The van der Waals surface area contributed by atoms with E-state index < -0.39 is 0 Å².